The van der Waals surface area contributed by atoms with Gasteiger partial charge in [0.15, 0.2) is 0 Å². The summed E-state index contributed by atoms with van der Waals surface area (Å²) in [5, 5.41) is 3.94. The van der Waals surface area contributed by atoms with Crippen molar-refractivity contribution in [2.75, 3.05) is 23.7 Å². The topological polar surface area (TPSA) is 86.8 Å². The average molecular weight is 619 g/mol. The first-order chi connectivity index (χ1) is 19.4. The van der Waals surface area contributed by atoms with E-state index >= 15 is 0 Å². The van der Waals surface area contributed by atoms with E-state index in [1.54, 1.807) is 47.4 Å². The second-order valence-corrected chi connectivity index (χ2v) is 13.2. The van der Waals surface area contributed by atoms with Crippen LogP contribution in [0.1, 0.15) is 37.8 Å². The summed E-state index contributed by atoms with van der Waals surface area (Å²) in [5.41, 5.74) is 2.14. The van der Waals surface area contributed by atoms with Crippen LogP contribution in [0.5, 0.6) is 0 Å². The summed E-state index contributed by atoms with van der Waals surface area (Å²) < 4.78 is 26.4. The molecule has 0 bridgehead atoms. The summed E-state index contributed by atoms with van der Waals surface area (Å²) >= 11 is 12.3. The quantitative estimate of drug-likeness (QED) is 0.242. The number of rotatable bonds is 14. The molecule has 0 saturated heterocycles. The fourth-order valence-electron chi connectivity index (χ4n) is 4.44. The molecule has 3 aromatic carbocycles. The van der Waals surface area contributed by atoms with Crippen LogP contribution in [0.2, 0.25) is 10.0 Å². The Kier molecular flexibility index (Phi) is 12.1. The van der Waals surface area contributed by atoms with Crippen LogP contribution in [0.15, 0.2) is 78.9 Å². The molecule has 0 fully saturated rings. The number of nitrogens with zero attached hydrogens (tertiary/aromatic N) is 2. The standard InChI is InChI=1S/C31H37Cl2N3O4S/c1-23(2)21-34-31(38)29(19-24-10-5-4-6-11-24)35(22-25-12-7-13-26(32)18-25)30(37)16-9-17-36(41(3,39)40)28-15-8-14-27(33)20-28/h4-8,10-15,18,20,23,29H,9,16-17,19,21-22H2,1-3H3,(H,34,38)/t29-/m1/s1. The van der Waals surface area contributed by atoms with E-state index in [0.717, 1.165) is 17.4 Å². The molecule has 1 N–H and O–H groups in total. The van der Waals surface area contributed by atoms with Crippen molar-refractivity contribution in [3.63, 3.8) is 0 Å². The van der Waals surface area contributed by atoms with Crippen LogP contribution in [-0.2, 0) is 32.6 Å². The monoisotopic (exact) mass is 617 g/mol. The van der Waals surface area contributed by atoms with Crippen molar-refractivity contribution < 1.29 is 18.0 Å². The Morgan fingerprint density at radius 3 is 2.12 bits per heavy atom. The maximum atomic E-state index is 13.9. The SMILES string of the molecule is CC(C)CNC(=O)[C@@H](Cc1ccccc1)N(Cc1cccc(Cl)c1)C(=O)CCCN(c1cccc(Cl)c1)S(C)(=O)=O. The first-order valence-corrected chi connectivity index (χ1v) is 16.1. The van der Waals surface area contributed by atoms with Crippen molar-refractivity contribution in [2.24, 2.45) is 5.92 Å². The highest BCUT2D eigenvalue weighted by Crippen LogP contribution is 2.23. The van der Waals surface area contributed by atoms with Crippen LogP contribution in [0, 0.1) is 5.92 Å². The van der Waals surface area contributed by atoms with Gasteiger partial charge in [0.1, 0.15) is 6.04 Å². The predicted octanol–water partition coefficient (Wildman–Crippen LogP) is 5.95. The van der Waals surface area contributed by atoms with Crippen molar-refractivity contribution in [1.82, 2.24) is 10.2 Å². The highest BCUT2D eigenvalue weighted by atomic mass is 35.5. The molecule has 0 aromatic heterocycles. The van der Waals surface area contributed by atoms with Gasteiger partial charge in [-0.3, -0.25) is 13.9 Å². The minimum Gasteiger partial charge on any atom is -0.354 e. The Morgan fingerprint density at radius 2 is 1.51 bits per heavy atom. The van der Waals surface area contributed by atoms with Gasteiger partial charge in [-0.25, -0.2) is 8.42 Å². The summed E-state index contributed by atoms with van der Waals surface area (Å²) in [6.07, 6.45) is 1.73. The number of nitrogens with one attached hydrogen (secondary N) is 1. The van der Waals surface area contributed by atoms with E-state index in [9.17, 15) is 18.0 Å². The van der Waals surface area contributed by atoms with Gasteiger partial charge in [0, 0.05) is 42.5 Å². The lowest BCUT2D eigenvalue weighted by Gasteiger charge is -2.32. The number of carbonyl (C=O) groups is 2. The van der Waals surface area contributed by atoms with E-state index in [-0.39, 0.29) is 43.7 Å². The number of hydrogen-bond donors (Lipinski definition) is 1. The lowest BCUT2D eigenvalue weighted by atomic mass is 10.0. The van der Waals surface area contributed by atoms with Crippen LogP contribution < -0.4 is 9.62 Å². The molecule has 1 atom stereocenters. The maximum absolute atomic E-state index is 13.9. The normalized spacial score (nSPS) is 12.1. The third-order valence-corrected chi connectivity index (χ3v) is 8.11. The smallest absolute Gasteiger partial charge is 0.243 e. The van der Waals surface area contributed by atoms with Crippen LogP contribution in [0.3, 0.4) is 0 Å². The van der Waals surface area contributed by atoms with E-state index in [2.05, 4.69) is 5.32 Å². The maximum Gasteiger partial charge on any atom is 0.243 e. The number of halogens is 2. The van der Waals surface area contributed by atoms with E-state index in [1.165, 1.54) is 4.31 Å². The van der Waals surface area contributed by atoms with Crippen molar-refractivity contribution >= 4 is 50.7 Å². The summed E-state index contributed by atoms with van der Waals surface area (Å²) in [6, 6.07) is 22.6. The molecular formula is C31H37Cl2N3O4S. The van der Waals surface area contributed by atoms with Gasteiger partial charge in [-0.2, -0.15) is 0 Å². The summed E-state index contributed by atoms with van der Waals surface area (Å²) in [7, 11) is -3.62. The van der Waals surface area contributed by atoms with Gasteiger partial charge in [-0.05, 0) is 53.8 Å². The van der Waals surface area contributed by atoms with Crippen molar-refractivity contribution in [3.8, 4) is 0 Å². The summed E-state index contributed by atoms with van der Waals surface area (Å²) in [6.45, 7) is 4.75. The van der Waals surface area contributed by atoms with Gasteiger partial charge in [-0.15, -0.1) is 0 Å². The molecule has 0 aliphatic carbocycles. The van der Waals surface area contributed by atoms with Gasteiger partial charge in [-0.1, -0.05) is 85.6 Å². The predicted molar refractivity (Wildman–Crippen MR) is 167 cm³/mol. The molecule has 0 spiro atoms. The van der Waals surface area contributed by atoms with Crippen LogP contribution >= 0.6 is 23.2 Å². The molecule has 3 aromatic rings. The summed E-state index contributed by atoms with van der Waals surface area (Å²) in [4.78, 5) is 29.0. The lowest BCUT2D eigenvalue weighted by Crippen LogP contribution is -2.51. The van der Waals surface area contributed by atoms with E-state index in [0.29, 0.717) is 28.7 Å². The van der Waals surface area contributed by atoms with Crippen LogP contribution in [0.25, 0.3) is 0 Å². The summed E-state index contributed by atoms with van der Waals surface area (Å²) in [5.74, 6) is -0.262. The molecule has 220 valence electrons. The van der Waals surface area contributed by atoms with Crippen LogP contribution in [-0.4, -0.2) is 50.5 Å². The number of hydrogen-bond acceptors (Lipinski definition) is 4. The molecule has 2 amide bonds. The molecule has 0 aliphatic rings. The lowest BCUT2D eigenvalue weighted by molar-refractivity contribution is -0.141. The fourth-order valence-corrected chi connectivity index (χ4v) is 5.80. The molecule has 0 unspecified atom stereocenters. The van der Waals surface area contributed by atoms with Gasteiger partial charge < -0.3 is 10.2 Å². The molecule has 0 saturated carbocycles. The van der Waals surface area contributed by atoms with Gasteiger partial charge >= 0.3 is 0 Å². The molecule has 10 heteroatoms. The number of amides is 2. The average Bonchev–Trinajstić information content (AvgIpc) is 2.91. The Hall–Kier alpha value is -3.07. The van der Waals surface area contributed by atoms with E-state index in [1.807, 2.05) is 50.2 Å². The van der Waals surface area contributed by atoms with Crippen molar-refractivity contribution in [2.45, 2.75) is 45.7 Å². The fraction of sp³-hybridized carbons (Fsp3) is 0.355. The number of anilines is 1. The molecular weight excluding hydrogens is 581 g/mol. The third-order valence-electron chi connectivity index (χ3n) is 6.45. The molecule has 0 radical (unpaired) electrons. The van der Waals surface area contributed by atoms with Gasteiger partial charge in [0.25, 0.3) is 0 Å². The Balaban J connectivity index is 1.88. The largest absolute Gasteiger partial charge is 0.354 e. The second kappa shape index (κ2) is 15.2. The zero-order valence-electron chi connectivity index (χ0n) is 23.6. The Labute approximate surface area is 253 Å². The first kappa shape index (κ1) is 32.4. The minimum absolute atomic E-state index is 0.0376. The zero-order chi connectivity index (χ0) is 30.0. The minimum atomic E-state index is -3.62. The van der Waals surface area contributed by atoms with Crippen LogP contribution in [0.4, 0.5) is 5.69 Å². The molecule has 3 rings (SSSR count). The van der Waals surface area contributed by atoms with Crippen molar-refractivity contribution in [1.29, 1.82) is 0 Å². The molecule has 7 nitrogen and oxygen atoms in total. The van der Waals surface area contributed by atoms with E-state index in [4.69, 9.17) is 23.2 Å². The number of carbonyl (C=O) groups excluding carboxylic acids is 2. The van der Waals surface area contributed by atoms with E-state index < -0.39 is 16.1 Å². The second-order valence-electron chi connectivity index (χ2n) is 10.4. The Bertz CT molecular complexity index is 1420. The zero-order valence-corrected chi connectivity index (χ0v) is 25.9. The third kappa shape index (κ3) is 10.4. The van der Waals surface area contributed by atoms with Crippen molar-refractivity contribution in [3.05, 3.63) is 100 Å². The molecule has 41 heavy (non-hydrogen) atoms. The Morgan fingerprint density at radius 1 is 0.878 bits per heavy atom. The first-order valence-electron chi connectivity index (χ1n) is 13.5. The molecule has 0 aliphatic heterocycles. The highest BCUT2D eigenvalue weighted by Gasteiger charge is 2.30. The van der Waals surface area contributed by atoms with Gasteiger partial charge in [0.05, 0.1) is 11.9 Å². The highest BCUT2D eigenvalue weighted by molar-refractivity contribution is 7.92. The molecule has 0 heterocycles. The number of benzene rings is 3. The number of sulfonamides is 1. The van der Waals surface area contributed by atoms with Gasteiger partial charge in [0.2, 0.25) is 21.8 Å².